The molecule has 0 aromatic heterocycles. The number of carbonyl (C=O) groups is 2. The Hall–Kier alpha value is -2.66. The minimum atomic E-state index is 0.115. The molecule has 0 unspecified atom stereocenters. The third-order valence-corrected chi connectivity index (χ3v) is 6.92. The fourth-order valence-electron chi connectivity index (χ4n) is 4.90. The first-order chi connectivity index (χ1) is 15.6. The molecule has 0 aliphatic carbocycles. The summed E-state index contributed by atoms with van der Waals surface area (Å²) >= 11 is 0. The van der Waals surface area contributed by atoms with Gasteiger partial charge in [0.05, 0.1) is 6.54 Å². The number of aryl methyl sites for hydroxylation is 2. The topological polar surface area (TPSA) is 43.9 Å². The maximum atomic E-state index is 13.3. The molecule has 2 fully saturated rings. The predicted octanol–water partition coefficient (Wildman–Crippen LogP) is 3.63. The van der Waals surface area contributed by atoms with Gasteiger partial charge in [-0.1, -0.05) is 48.5 Å². The van der Waals surface area contributed by atoms with Crippen molar-refractivity contribution in [1.82, 2.24) is 14.7 Å². The van der Waals surface area contributed by atoms with Gasteiger partial charge in [-0.2, -0.15) is 0 Å². The summed E-state index contributed by atoms with van der Waals surface area (Å²) in [6.45, 7) is 6.38. The second-order valence-electron chi connectivity index (χ2n) is 9.14. The van der Waals surface area contributed by atoms with E-state index in [1.807, 2.05) is 34.1 Å². The van der Waals surface area contributed by atoms with Crippen molar-refractivity contribution in [1.29, 1.82) is 0 Å². The van der Waals surface area contributed by atoms with E-state index in [4.69, 9.17) is 0 Å². The van der Waals surface area contributed by atoms with Gasteiger partial charge in [-0.3, -0.25) is 14.5 Å². The van der Waals surface area contributed by atoms with Crippen LogP contribution in [-0.4, -0.2) is 71.8 Å². The number of rotatable bonds is 6. The number of hydrogen-bond acceptors (Lipinski definition) is 3. The second-order valence-corrected chi connectivity index (χ2v) is 9.14. The monoisotopic (exact) mass is 433 g/mol. The molecule has 2 heterocycles. The highest BCUT2D eigenvalue weighted by Gasteiger charge is 2.28. The van der Waals surface area contributed by atoms with E-state index in [9.17, 15) is 9.59 Å². The molecule has 1 atom stereocenters. The van der Waals surface area contributed by atoms with Gasteiger partial charge in [0.2, 0.25) is 5.91 Å². The summed E-state index contributed by atoms with van der Waals surface area (Å²) in [5.41, 5.74) is 3.21. The van der Waals surface area contributed by atoms with Crippen LogP contribution >= 0.6 is 0 Å². The van der Waals surface area contributed by atoms with E-state index in [2.05, 4.69) is 42.2 Å². The fourth-order valence-corrected chi connectivity index (χ4v) is 4.90. The molecule has 0 N–H and O–H groups in total. The molecule has 170 valence electrons. The third kappa shape index (κ3) is 5.57. The summed E-state index contributed by atoms with van der Waals surface area (Å²) in [6, 6.07) is 18.8. The van der Waals surface area contributed by atoms with Crippen molar-refractivity contribution in [3.05, 3.63) is 71.3 Å². The highest BCUT2D eigenvalue weighted by molar-refractivity contribution is 5.95. The van der Waals surface area contributed by atoms with E-state index in [1.54, 1.807) is 0 Å². The van der Waals surface area contributed by atoms with Crippen LogP contribution < -0.4 is 0 Å². The van der Waals surface area contributed by atoms with E-state index < -0.39 is 0 Å². The maximum absolute atomic E-state index is 13.3. The number of hydrogen-bond donors (Lipinski definition) is 0. The zero-order valence-electron chi connectivity index (χ0n) is 19.2. The standard InChI is InChI=1S/C27H35N3O2/c1-22-9-7-8-16-30(22)26(31)21-28-17-19-29(20-18-28)27(32)25-13-6-5-12-24(25)15-14-23-10-3-2-4-11-23/h2-6,10-13,22H,7-9,14-21H2,1H3/t22-/m1/s1. The maximum Gasteiger partial charge on any atom is 0.254 e. The van der Waals surface area contributed by atoms with Crippen LogP contribution in [0.2, 0.25) is 0 Å². The summed E-state index contributed by atoms with van der Waals surface area (Å²) in [5.74, 6) is 0.354. The lowest BCUT2D eigenvalue weighted by Crippen LogP contribution is -2.53. The SMILES string of the molecule is C[C@@H]1CCCCN1C(=O)CN1CCN(C(=O)c2ccccc2CCc2ccccc2)CC1. The normalized spacial score (nSPS) is 19.7. The van der Waals surface area contributed by atoms with E-state index in [0.717, 1.165) is 56.4 Å². The smallest absolute Gasteiger partial charge is 0.254 e. The van der Waals surface area contributed by atoms with Crippen LogP contribution in [0.5, 0.6) is 0 Å². The number of carbonyl (C=O) groups excluding carboxylic acids is 2. The molecule has 0 bridgehead atoms. The summed E-state index contributed by atoms with van der Waals surface area (Å²) in [4.78, 5) is 32.2. The average Bonchev–Trinajstić information content (AvgIpc) is 2.84. The second kappa shape index (κ2) is 10.8. The lowest BCUT2D eigenvalue weighted by atomic mass is 9.99. The molecule has 2 aromatic carbocycles. The Morgan fingerprint density at radius 2 is 1.56 bits per heavy atom. The lowest BCUT2D eigenvalue weighted by Gasteiger charge is -2.38. The van der Waals surface area contributed by atoms with Crippen molar-refractivity contribution < 1.29 is 9.59 Å². The van der Waals surface area contributed by atoms with Crippen molar-refractivity contribution in [2.24, 2.45) is 0 Å². The summed E-state index contributed by atoms with van der Waals surface area (Å²) in [7, 11) is 0. The van der Waals surface area contributed by atoms with E-state index in [1.165, 1.54) is 12.0 Å². The minimum Gasteiger partial charge on any atom is -0.339 e. The molecule has 2 aliphatic heterocycles. The number of piperazine rings is 1. The molecule has 5 nitrogen and oxygen atoms in total. The predicted molar refractivity (Wildman–Crippen MR) is 128 cm³/mol. The van der Waals surface area contributed by atoms with Crippen molar-refractivity contribution in [2.45, 2.75) is 45.1 Å². The van der Waals surface area contributed by atoms with Crippen molar-refractivity contribution in [3.63, 3.8) is 0 Å². The number of benzene rings is 2. The van der Waals surface area contributed by atoms with Gasteiger partial charge in [0.25, 0.3) is 5.91 Å². The fraction of sp³-hybridized carbons (Fsp3) is 0.481. The third-order valence-electron chi connectivity index (χ3n) is 6.92. The van der Waals surface area contributed by atoms with Crippen molar-refractivity contribution in [2.75, 3.05) is 39.3 Å². The Balaban J connectivity index is 1.31. The van der Waals surface area contributed by atoms with Crippen molar-refractivity contribution >= 4 is 11.8 Å². The van der Waals surface area contributed by atoms with Crippen LogP contribution in [0.25, 0.3) is 0 Å². The molecule has 4 rings (SSSR count). The number of piperidine rings is 1. The van der Waals surface area contributed by atoms with E-state index in [-0.39, 0.29) is 11.8 Å². The molecular formula is C27H35N3O2. The van der Waals surface area contributed by atoms with E-state index in [0.29, 0.717) is 25.7 Å². The molecule has 2 amide bonds. The molecule has 0 radical (unpaired) electrons. The Bertz CT molecular complexity index is 906. The zero-order valence-corrected chi connectivity index (χ0v) is 19.2. The minimum absolute atomic E-state index is 0.115. The first kappa shape index (κ1) is 22.5. The Labute approximate surface area is 192 Å². The van der Waals surface area contributed by atoms with Crippen LogP contribution in [0.3, 0.4) is 0 Å². The number of likely N-dealkylation sites (tertiary alicyclic amines) is 1. The largest absolute Gasteiger partial charge is 0.339 e. The molecule has 0 spiro atoms. The molecule has 2 aromatic rings. The number of nitrogens with zero attached hydrogens (tertiary/aromatic N) is 3. The Morgan fingerprint density at radius 1 is 0.844 bits per heavy atom. The highest BCUT2D eigenvalue weighted by atomic mass is 16.2. The van der Waals surface area contributed by atoms with Gasteiger partial charge in [0, 0.05) is 44.3 Å². The number of amides is 2. The summed E-state index contributed by atoms with van der Waals surface area (Å²) in [6.07, 6.45) is 5.22. The Kier molecular flexibility index (Phi) is 7.59. The molecule has 2 aliphatic rings. The van der Waals surface area contributed by atoms with Gasteiger partial charge in [0.1, 0.15) is 0 Å². The Morgan fingerprint density at radius 3 is 2.31 bits per heavy atom. The van der Waals surface area contributed by atoms with E-state index >= 15 is 0 Å². The first-order valence-corrected chi connectivity index (χ1v) is 12.0. The van der Waals surface area contributed by atoms with Gasteiger partial charge in [-0.05, 0) is 56.2 Å². The van der Waals surface area contributed by atoms with Gasteiger partial charge >= 0.3 is 0 Å². The lowest BCUT2D eigenvalue weighted by molar-refractivity contribution is -0.136. The van der Waals surface area contributed by atoms with Crippen LogP contribution in [-0.2, 0) is 17.6 Å². The van der Waals surface area contributed by atoms with Gasteiger partial charge in [-0.15, -0.1) is 0 Å². The van der Waals surface area contributed by atoms with Crippen LogP contribution in [0.1, 0.15) is 47.7 Å². The molecule has 5 heteroatoms. The quantitative estimate of drug-likeness (QED) is 0.699. The summed E-state index contributed by atoms with van der Waals surface area (Å²) in [5, 5.41) is 0. The highest BCUT2D eigenvalue weighted by Crippen LogP contribution is 2.18. The van der Waals surface area contributed by atoms with Crippen LogP contribution in [0.4, 0.5) is 0 Å². The molecule has 32 heavy (non-hydrogen) atoms. The molecule has 0 saturated carbocycles. The average molecular weight is 434 g/mol. The first-order valence-electron chi connectivity index (χ1n) is 12.0. The molecule has 2 saturated heterocycles. The van der Waals surface area contributed by atoms with Gasteiger partial charge < -0.3 is 9.80 Å². The zero-order chi connectivity index (χ0) is 22.3. The van der Waals surface area contributed by atoms with Crippen LogP contribution in [0, 0.1) is 0 Å². The van der Waals surface area contributed by atoms with Gasteiger partial charge in [0.15, 0.2) is 0 Å². The van der Waals surface area contributed by atoms with Crippen LogP contribution in [0.15, 0.2) is 54.6 Å². The van der Waals surface area contributed by atoms with Crippen molar-refractivity contribution in [3.8, 4) is 0 Å². The molecular weight excluding hydrogens is 398 g/mol. The van der Waals surface area contributed by atoms with Gasteiger partial charge in [-0.25, -0.2) is 0 Å². The summed E-state index contributed by atoms with van der Waals surface area (Å²) < 4.78 is 0.